The van der Waals surface area contributed by atoms with Gasteiger partial charge in [-0.3, -0.25) is 13.8 Å². The summed E-state index contributed by atoms with van der Waals surface area (Å²) in [6.45, 7) is 4.19. The number of hydrogen-bond donors (Lipinski definition) is 0. The minimum absolute atomic E-state index is 0.0191. The van der Waals surface area contributed by atoms with Crippen LogP contribution < -0.4 is 5.56 Å². The van der Waals surface area contributed by atoms with Gasteiger partial charge in [0.2, 0.25) is 0 Å². The highest BCUT2D eigenvalue weighted by Crippen LogP contribution is 2.31. The van der Waals surface area contributed by atoms with E-state index in [1.54, 1.807) is 0 Å². The number of aryl methyl sites for hydroxylation is 2. The van der Waals surface area contributed by atoms with Crippen molar-refractivity contribution in [3.63, 3.8) is 0 Å². The zero-order chi connectivity index (χ0) is 17.8. The van der Waals surface area contributed by atoms with Crippen LogP contribution in [0.25, 0.3) is 33.0 Å². The number of nitrogens with zero attached hydrogens (tertiary/aromatic N) is 2. The van der Waals surface area contributed by atoms with Crippen molar-refractivity contribution in [2.24, 2.45) is 0 Å². The van der Waals surface area contributed by atoms with Crippen LogP contribution in [0.4, 0.5) is 0 Å². The third kappa shape index (κ3) is 1.85. The van der Waals surface area contributed by atoms with Crippen LogP contribution in [0, 0.1) is 13.8 Å². The van der Waals surface area contributed by atoms with E-state index in [1.165, 1.54) is 5.39 Å². The Morgan fingerprint density at radius 1 is 0.692 bits per heavy atom. The van der Waals surface area contributed by atoms with Gasteiger partial charge in [-0.15, -0.1) is 0 Å². The molecule has 5 rings (SSSR count). The minimum atomic E-state index is 0.0191. The zero-order valence-corrected chi connectivity index (χ0v) is 14.7. The maximum atomic E-state index is 13.5. The summed E-state index contributed by atoms with van der Waals surface area (Å²) >= 11 is 0. The molecule has 0 atom stereocenters. The fourth-order valence-corrected chi connectivity index (χ4v) is 4.05. The molecule has 2 heterocycles. The first-order valence-corrected chi connectivity index (χ1v) is 8.78. The molecule has 0 unspecified atom stereocenters. The highest BCUT2D eigenvalue weighted by Gasteiger charge is 2.19. The van der Waals surface area contributed by atoms with Crippen molar-refractivity contribution < 1.29 is 0 Å². The van der Waals surface area contributed by atoms with Crippen LogP contribution in [0.15, 0.2) is 77.6 Å². The van der Waals surface area contributed by atoms with E-state index in [2.05, 4.69) is 42.5 Å². The predicted molar refractivity (Wildman–Crippen MR) is 107 cm³/mol. The van der Waals surface area contributed by atoms with E-state index >= 15 is 0 Å². The molecule has 0 spiro atoms. The molecule has 3 heteroatoms. The monoisotopic (exact) mass is 338 g/mol. The maximum Gasteiger partial charge on any atom is 0.266 e. The standard InChI is InChI=1S/C23H18N2O/c1-15-9-8-14-20-21(15)24-16(2)18-12-6-7-13-19(18)22(24)25(23(20)26)17-10-4-3-5-11-17/h3-14H,1-2H3. The van der Waals surface area contributed by atoms with Crippen LogP contribution in [-0.2, 0) is 0 Å². The number of benzene rings is 3. The Balaban J connectivity index is 2.19. The molecule has 0 N–H and O–H groups in total. The van der Waals surface area contributed by atoms with Crippen molar-refractivity contribution in [2.75, 3.05) is 0 Å². The van der Waals surface area contributed by atoms with Gasteiger partial charge >= 0.3 is 0 Å². The summed E-state index contributed by atoms with van der Waals surface area (Å²) in [4.78, 5) is 13.5. The Hall–Kier alpha value is -3.33. The SMILES string of the molecule is Cc1cccc2c(=O)n(-c3ccccc3)c3c4ccccc4c(C)n3c12. The van der Waals surface area contributed by atoms with Crippen LogP contribution in [0.1, 0.15) is 11.3 Å². The highest BCUT2D eigenvalue weighted by molar-refractivity contribution is 6.02. The van der Waals surface area contributed by atoms with E-state index in [1.807, 2.05) is 53.1 Å². The van der Waals surface area contributed by atoms with Gasteiger partial charge in [0.15, 0.2) is 0 Å². The maximum absolute atomic E-state index is 13.5. The van der Waals surface area contributed by atoms with Crippen molar-refractivity contribution in [3.8, 4) is 5.69 Å². The summed E-state index contributed by atoms with van der Waals surface area (Å²) in [5.41, 5.74) is 5.08. The average Bonchev–Trinajstić information content (AvgIpc) is 2.96. The first kappa shape index (κ1) is 15.0. The van der Waals surface area contributed by atoms with Gasteiger partial charge in [0.1, 0.15) is 5.65 Å². The Morgan fingerprint density at radius 2 is 1.35 bits per heavy atom. The van der Waals surface area contributed by atoms with E-state index in [-0.39, 0.29) is 5.56 Å². The van der Waals surface area contributed by atoms with E-state index in [4.69, 9.17) is 0 Å². The van der Waals surface area contributed by atoms with Gasteiger partial charge in [-0.25, -0.2) is 0 Å². The quantitative estimate of drug-likeness (QED) is 0.422. The average molecular weight is 338 g/mol. The van der Waals surface area contributed by atoms with Gasteiger partial charge in [0, 0.05) is 16.5 Å². The fraction of sp³-hybridized carbons (Fsp3) is 0.0870. The van der Waals surface area contributed by atoms with Crippen LogP contribution in [0.5, 0.6) is 0 Å². The molecule has 26 heavy (non-hydrogen) atoms. The van der Waals surface area contributed by atoms with E-state index in [9.17, 15) is 4.79 Å². The molecule has 0 saturated carbocycles. The summed E-state index contributed by atoms with van der Waals surface area (Å²) in [6, 6.07) is 24.1. The van der Waals surface area contributed by atoms with E-state index in [0.717, 1.165) is 38.9 Å². The molecule has 5 aromatic rings. The summed E-state index contributed by atoms with van der Waals surface area (Å²) in [7, 11) is 0. The van der Waals surface area contributed by atoms with Gasteiger partial charge in [0.05, 0.1) is 16.6 Å². The molecular weight excluding hydrogens is 320 g/mol. The minimum Gasteiger partial charge on any atom is -0.298 e. The number of rotatable bonds is 1. The molecule has 3 nitrogen and oxygen atoms in total. The molecule has 126 valence electrons. The number of para-hydroxylation sites is 2. The lowest BCUT2D eigenvalue weighted by Crippen LogP contribution is -2.21. The van der Waals surface area contributed by atoms with E-state index < -0.39 is 0 Å². The summed E-state index contributed by atoms with van der Waals surface area (Å²) in [6.07, 6.45) is 0. The largest absolute Gasteiger partial charge is 0.298 e. The summed E-state index contributed by atoms with van der Waals surface area (Å²) in [5, 5.41) is 3.01. The molecule has 2 aromatic heterocycles. The predicted octanol–water partition coefficient (Wildman–Crippen LogP) is 5.01. The van der Waals surface area contributed by atoms with Gasteiger partial charge in [-0.05, 0) is 37.6 Å². The Morgan fingerprint density at radius 3 is 2.12 bits per heavy atom. The van der Waals surface area contributed by atoms with Crippen LogP contribution in [-0.4, -0.2) is 8.97 Å². The second-order valence-electron chi connectivity index (χ2n) is 6.74. The third-order valence-corrected chi connectivity index (χ3v) is 5.23. The summed E-state index contributed by atoms with van der Waals surface area (Å²) < 4.78 is 4.08. The lowest BCUT2D eigenvalue weighted by atomic mass is 10.1. The normalized spacial score (nSPS) is 11.6. The molecule has 0 amide bonds. The molecule has 3 aromatic carbocycles. The first-order chi connectivity index (χ1) is 12.7. The molecule has 0 bridgehead atoms. The van der Waals surface area contributed by atoms with Crippen molar-refractivity contribution in [3.05, 3.63) is 94.4 Å². The highest BCUT2D eigenvalue weighted by atomic mass is 16.1. The number of aromatic nitrogens is 2. The molecular formula is C23H18N2O. The van der Waals surface area contributed by atoms with Gasteiger partial charge in [-0.2, -0.15) is 0 Å². The van der Waals surface area contributed by atoms with Gasteiger partial charge in [-0.1, -0.05) is 54.6 Å². The molecule has 0 radical (unpaired) electrons. The molecule has 0 aliphatic heterocycles. The van der Waals surface area contributed by atoms with Crippen molar-refractivity contribution in [2.45, 2.75) is 13.8 Å². The lowest BCUT2D eigenvalue weighted by molar-refractivity contribution is 0.987. The molecule has 0 aliphatic rings. The van der Waals surface area contributed by atoms with Gasteiger partial charge < -0.3 is 0 Å². The topological polar surface area (TPSA) is 26.4 Å². The van der Waals surface area contributed by atoms with Crippen molar-refractivity contribution in [1.29, 1.82) is 0 Å². The zero-order valence-electron chi connectivity index (χ0n) is 14.7. The van der Waals surface area contributed by atoms with Gasteiger partial charge in [0.25, 0.3) is 5.56 Å². The second kappa shape index (κ2) is 5.33. The number of hydrogen-bond acceptors (Lipinski definition) is 1. The Kier molecular flexibility index (Phi) is 3.07. The van der Waals surface area contributed by atoms with Crippen molar-refractivity contribution in [1.82, 2.24) is 8.97 Å². The molecule has 0 fully saturated rings. The smallest absolute Gasteiger partial charge is 0.266 e. The third-order valence-electron chi connectivity index (χ3n) is 5.23. The van der Waals surface area contributed by atoms with Crippen LogP contribution in [0.3, 0.4) is 0 Å². The Bertz CT molecular complexity index is 1360. The second-order valence-corrected chi connectivity index (χ2v) is 6.74. The van der Waals surface area contributed by atoms with E-state index in [0.29, 0.717) is 0 Å². The molecule has 0 aliphatic carbocycles. The first-order valence-electron chi connectivity index (χ1n) is 8.78. The van der Waals surface area contributed by atoms with Crippen molar-refractivity contribution >= 4 is 27.3 Å². The summed E-state index contributed by atoms with van der Waals surface area (Å²) in [5.74, 6) is 0. The Labute approximate surface area is 150 Å². The van der Waals surface area contributed by atoms with Crippen LogP contribution in [0.2, 0.25) is 0 Å². The van der Waals surface area contributed by atoms with Crippen LogP contribution >= 0.6 is 0 Å². The lowest BCUT2D eigenvalue weighted by Gasteiger charge is -2.14. The number of fused-ring (bicyclic) bond motifs is 5. The molecule has 0 saturated heterocycles. The fourth-order valence-electron chi connectivity index (χ4n) is 4.05.